The Morgan fingerprint density at radius 1 is 1.18 bits per heavy atom. The van der Waals surface area contributed by atoms with Crippen molar-refractivity contribution in [2.45, 2.75) is 25.6 Å². The molecular formula is C18H17FO3. The maximum absolute atomic E-state index is 14.2. The van der Waals surface area contributed by atoms with Gasteiger partial charge in [0.1, 0.15) is 24.0 Å². The predicted octanol–water partition coefficient (Wildman–Crippen LogP) is 3.83. The van der Waals surface area contributed by atoms with Crippen molar-refractivity contribution in [3.05, 3.63) is 65.5 Å². The van der Waals surface area contributed by atoms with Crippen LogP contribution in [0.25, 0.3) is 0 Å². The van der Waals surface area contributed by atoms with E-state index in [0.717, 1.165) is 5.56 Å². The summed E-state index contributed by atoms with van der Waals surface area (Å²) in [5.41, 5.74) is 1.44. The first-order chi connectivity index (χ1) is 10.7. The minimum Gasteiger partial charge on any atom is -0.489 e. The Morgan fingerprint density at radius 3 is 2.73 bits per heavy atom. The molecule has 1 aliphatic heterocycles. The molecule has 114 valence electrons. The van der Waals surface area contributed by atoms with Gasteiger partial charge in [0, 0.05) is 24.5 Å². The molecule has 3 nitrogen and oxygen atoms in total. The fourth-order valence-electron chi connectivity index (χ4n) is 2.48. The third-order valence-corrected chi connectivity index (χ3v) is 3.68. The quantitative estimate of drug-likeness (QED) is 0.861. The zero-order valence-corrected chi connectivity index (χ0v) is 12.1. The second-order valence-electron chi connectivity index (χ2n) is 5.31. The third kappa shape index (κ3) is 3.52. The molecule has 1 aliphatic rings. The van der Waals surface area contributed by atoms with Crippen LogP contribution >= 0.6 is 0 Å². The lowest BCUT2D eigenvalue weighted by molar-refractivity contribution is -0.128. The second-order valence-corrected chi connectivity index (χ2v) is 5.31. The molecule has 0 radical (unpaired) electrons. The molecule has 0 bridgehead atoms. The molecule has 1 saturated heterocycles. The first-order valence-corrected chi connectivity index (χ1v) is 7.32. The number of rotatable bonds is 4. The number of hydrogen-bond acceptors (Lipinski definition) is 3. The van der Waals surface area contributed by atoms with Crippen molar-refractivity contribution >= 4 is 5.78 Å². The molecule has 0 amide bonds. The highest BCUT2D eigenvalue weighted by molar-refractivity contribution is 5.79. The zero-order chi connectivity index (χ0) is 15.4. The van der Waals surface area contributed by atoms with Crippen LogP contribution in [0.5, 0.6) is 5.75 Å². The van der Waals surface area contributed by atoms with E-state index in [1.54, 1.807) is 12.1 Å². The number of hydrogen-bond donors (Lipinski definition) is 0. The van der Waals surface area contributed by atoms with Gasteiger partial charge in [-0.2, -0.15) is 0 Å². The number of ketones is 1. The standard InChI is InChI=1S/C18H17FO3/c19-17-11-15(22-12-13-4-2-1-3-5-13)6-7-16(17)18-10-14(20)8-9-21-18/h1-7,11,18H,8-10,12H2. The van der Waals surface area contributed by atoms with Crippen molar-refractivity contribution in [1.82, 2.24) is 0 Å². The molecule has 2 aromatic carbocycles. The summed E-state index contributed by atoms with van der Waals surface area (Å²) in [6.45, 7) is 0.743. The molecule has 0 aliphatic carbocycles. The van der Waals surface area contributed by atoms with E-state index in [2.05, 4.69) is 0 Å². The number of carbonyl (C=O) groups excluding carboxylic acids is 1. The van der Waals surface area contributed by atoms with E-state index in [9.17, 15) is 9.18 Å². The van der Waals surface area contributed by atoms with Crippen LogP contribution in [0.15, 0.2) is 48.5 Å². The highest BCUT2D eigenvalue weighted by atomic mass is 19.1. The average molecular weight is 300 g/mol. The van der Waals surface area contributed by atoms with Crippen LogP contribution in [0.2, 0.25) is 0 Å². The predicted molar refractivity (Wildman–Crippen MR) is 80.1 cm³/mol. The van der Waals surface area contributed by atoms with Gasteiger partial charge < -0.3 is 9.47 Å². The maximum atomic E-state index is 14.2. The fourth-order valence-corrected chi connectivity index (χ4v) is 2.48. The molecule has 0 N–H and O–H groups in total. The summed E-state index contributed by atoms with van der Waals surface area (Å²) in [5.74, 6) is 0.178. The van der Waals surface area contributed by atoms with Gasteiger partial charge in [0.15, 0.2) is 0 Å². The van der Waals surface area contributed by atoms with Crippen molar-refractivity contribution in [2.24, 2.45) is 0 Å². The van der Waals surface area contributed by atoms with E-state index in [1.807, 2.05) is 30.3 Å². The molecule has 1 heterocycles. The van der Waals surface area contributed by atoms with Crippen LogP contribution in [0.1, 0.15) is 30.1 Å². The van der Waals surface area contributed by atoms with E-state index in [-0.39, 0.29) is 12.2 Å². The van der Waals surface area contributed by atoms with Crippen LogP contribution in [0.3, 0.4) is 0 Å². The first-order valence-electron chi connectivity index (χ1n) is 7.32. The Morgan fingerprint density at radius 2 is 2.00 bits per heavy atom. The number of carbonyl (C=O) groups is 1. The molecule has 2 aromatic rings. The van der Waals surface area contributed by atoms with Gasteiger partial charge in [-0.05, 0) is 17.7 Å². The molecule has 22 heavy (non-hydrogen) atoms. The van der Waals surface area contributed by atoms with Gasteiger partial charge in [0.2, 0.25) is 0 Å². The van der Waals surface area contributed by atoms with Gasteiger partial charge in [-0.15, -0.1) is 0 Å². The summed E-state index contributed by atoms with van der Waals surface area (Å²) >= 11 is 0. The molecule has 1 fully saturated rings. The third-order valence-electron chi connectivity index (χ3n) is 3.68. The van der Waals surface area contributed by atoms with E-state index in [0.29, 0.717) is 30.9 Å². The maximum Gasteiger partial charge on any atom is 0.138 e. The van der Waals surface area contributed by atoms with Gasteiger partial charge in [-0.25, -0.2) is 4.39 Å². The van der Waals surface area contributed by atoms with Crippen molar-refractivity contribution in [2.75, 3.05) is 6.61 Å². The van der Waals surface area contributed by atoms with Gasteiger partial charge in [-0.1, -0.05) is 30.3 Å². The Balaban J connectivity index is 1.68. The van der Waals surface area contributed by atoms with E-state index >= 15 is 0 Å². The Kier molecular flexibility index (Phi) is 4.49. The van der Waals surface area contributed by atoms with Crippen LogP contribution in [0, 0.1) is 5.82 Å². The van der Waals surface area contributed by atoms with Gasteiger partial charge in [-0.3, -0.25) is 4.79 Å². The van der Waals surface area contributed by atoms with Crippen molar-refractivity contribution in [3.63, 3.8) is 0 Å². The summed E-state index contributed by atoms with van der Waals surface area (Å²) in [7, 11) is 0. The largest absolute Gasteiger partial charge is 0.489 e. The molecular weight excluding hydrogens is 283 g/mol. The van der Waals surface area contributed by atoms with Crippen LogP contribution < -0.4 is 4.74 Å². The molecule has 4 heteroatoms. The lowest BCUT2D eigenvalue weighted by atomic mass is 10.00. The van der Waals surface area contributed by atoms with E-state index in [1.165, 1.54) is 6.07 Å². The second kappa shape index (κ2) is 6.71. The zero-order valence-electron chi connectivity index (χ0n) is 12.1. The topological polar surface area (TPSA) is 35.5 Å². The Hall–Kier alpha value is -2.20. The van der Waals surface area contributed by atoms with Crippen molar-refractivity contribution in [1.29, 1.82) is 0 Å². The molecule has 3 rings (SSSR count). The van der Waals surface area contributed by atoms with E-state index < -0.39 is 11.9 Å². The van der Waals surface area contributed by atoms with Crippen molar-refractivity contribution < 1.29 is 18.7 Å². The fraction of sp³-hybridized carbons (Fsp3) is 0.278. The van der Waals surface area contributed by atoms with Gasteiger partial charge >= 0.3 is 0 Å². The van der Waals surface area contributed by atoms with Crippen molar-refractivity contribution in [3.8, 4) is 5.75 Å². The van der Waals surface area contributed by atoms with Gasteiger partial charge in [0.25, 0.3) is 0 Å². The molecule has 1 unspecified atom stereocenters. The molecule has 0 aromatic heterocycles. The molecule has 0 saturated carbocycles. The highest BCUT2D eigenvalue weighted by Gasteiger charge is 2.24. The lowest BCUT2D eigenvalue weighted by Crippen LogP contribution is -2.20. The number of halogens is 1. The minimum absolute atomic E-state index is 0.111. The summed E-state index contributed by atoms with van der Waals surface area (Å²) < 4.78 is 25.3. The summed E-state index contributed by atoms with van der Waals surface area (Å²) in [4.78, 5) is 11.5. The van der Waals surface area contributed by atoms with Crippen LogP contribution in [-0.4, -0.2) is 12.4 Å². The first kappa shape index (κ1) is 14.7. The number of benzene rings is 2. The highest BCUT2D eigenvalue weighted by Crippen LogP contribution is 2.30. The van der Waals surface area contributed by atoms with Crippen LogP contribution in [-0.2, 0) is 16.1 Å². The minimum atomic E-state index is -0.482. The average Bonchev–Trinajstić information content (AvgIpc) is 2.54. The summed E-state index contributed by atoms with van der Waals surface area (Å²) in [6, 6.07) is 14.4. The Bertz CT molecular complexity index is 655. The lowest BCUT2D eigenvalue weighted by Gasteiger charge is -2.22. The number of Topliss-reactive ketones (excluding diaryl/α,β-unsaturated/α-hetero) is 1. The number of ether oxygens (including phenoxy) is 2. The van der Waals surface area contributed by atoms with E-state index in [4.69, 9.17) is 9.47 Å². The Labute approximate surface area is 128 Å². The smallest absolute Gasteiger partial charge is 0.138 e. The van der Waals surface area contributed by atoms with Gasteiger partial charge in [0.05, 0.1) is 12.7 Å². The normalized spacial score (nSPS) is 18.2. The molecule has 1 atom stereocenters. The SMILES string of the molecule is O=C1CCOC(c2ccc(OCc3ccccc3)cc2F)C1. The summed E-state index contributed by atoms with van der Waals surface area (Å²) in [5, 5.41) is 0. The molecule has 0 spiro atoms. The monoisotopic (exact) mass is 300 g/mol. The summed E-state index contributed by atoms with van der Waals surface area (Å²) in [6.07, 6.45) is 0.168. The van der Waals surface area contributed by atoms with Crippen LogP contribution in [0.4, 0.5) is 4.39 Å².